The first-order valence-electron chi connectivity index (χ1n) is 11.8. The van der Waals surface area contributed by atoms with Crippen LogP contribution in [-0.2, 0) is 17.8 Å². The molecule has 0 amide bonds. The van der Waals surface area contributed by atoms with Crippen molar-refractivity contribution in [3.05, 3.63) is 84.5 Å². The molecule has 1 aliphatic carbocycles. The lowest BCUT2D eigenvalue weighted by Crippen LogP contribution is -2.13. The summed E-state index contributed by atoms with van der Waals surface area (Å²) >= 11 is 0. The molecule has 1 saturated carbocycles. The number of allylic oxidation sites excluding steroid dienone is 2. The van der Waals surface area contributed by atoms with E-state index in [0.717, 1.165) is 11.8 Å². The van der Waals surface area contributed by atoms with Crippen molar-refractivity contribution in [1.82, 2.24) is 0 Å². The van der Waals surface area contributed by atoms with Crippen LogP contribution in [-0.4, -0.2) is 6.61 Å². The zero-order valence-corrected chi connectivity index (χ0v) is 18.7. The third-order valence-electron chi connectivity index (χ3n) is 6.43. The number of ether oxygens (including phenoxy) is 1. The van der Waals surface area contributed by atoms with Gasteiger partial charge in [-0.15, -0.1) is 6.58 Å². The molecule has 2 aromatic rings. The number of rotatable bonds is 11. The Labute approximate surface area is 183 Å². The average Bonchev–Trinajstić information content (AvgIpc) is 2.79. The van der Waals surface area contributed by atoms with Crippen LogP contribution in [0.5, 0.6) is 0 Å². The van der Waals surface area contributed by atoms with Crippen LogP contribution in [0.3, 0.4) is 0 Å². The summed E-state index contributed by atoms with van der Waals surface area (Å²) in [6.07, 6.45) is 17.4. The van der Waals surface area contributed by atoms with Gasteiger partial charge in [0.1, 0.15) is 0 Å². The molecule has 2 aromatic carbocycles. The minimum Gasteiger partial charge on any atom is -0.373 e. The summed E-state index contributed by atoms with van der Waals surface area (Å²) < 4.78 is 5.51. The molecule has 0 atom stereocenters. The molecule has 0 heterocycles. The zero-order chi connectivity index (χ0) is 21.0. The highest BCUT2D eigenvalue weighted by molar-refractivity contribution is 5.63. The first-order chi connectivity index (χ1) is 14.8. The van der Waals surface area contributed by atoms with Crippen LogP contribution >= 0.6 is 0 Å². The Balaban J connectivity index is 1.38. The lowest BCUT2D eigenvalue weighted by Gasteiger charge is -2.26. The topological polar surface area (TPSA) is 9.23 Å². The van der Waals surface area contributed by atoms with Crippen LogP contribution in [0.2, 0.25) is 0 Å². The predicted molar refractivity (Wildman–Crippen MR) is 130 cm³/mol. The van der Waals surface area contributed by atoms with E-state index in [0.29, 0.717) is 13.2 Å². The summed E-state index contributed by atoms with van der Waals surface area (Å²) in [6.45, 7) is 7.07. The van der Waals surface area contributed by atoms with Crippen LogP contribution < -0.4 is 0 Å². The second kappa shape index (κ2) is 12.5. The minimum atomic E-state index is 0.598. The number of unbranched alkanes of at least 4 members (excludes halogenated alkanes) is 1. The van der Waals surface area contributed by atoms with Gasteiger partial charge in [-0.05, 0) is 79.5 Å². The Morgan fingerprint density at radius 2 is 1.50 bits per heavy atom. The summed E-state index contributed by atoms with van der Waals surface area (Å²) in [6, 6.07) is 17.8. The third-order valence-corrected chi connectivity index (χ3v) is 6.43. The molecular weight excluding hydrogens is 364 g/mol. The number of aryl methyl sites for hydroxylation is 1. The van der Waals surface area contributed by atoms with Crippen molar-refractivity contribution in [2.24, 2.45) is 11.8 Å². The summed E-state index contributed by atoms with van der Waals surface area (Å²) in [5.74, 6) is 1.82. The fourth-order valence-corrected chi connectivity index (χ4v) is 4.62. The first kappa shape index (κ1) is 22.6. The maximum Gasteiger partial charge on any atom is 0.0721 e. The minimum absolute atomic E-state index is 0.598. The molecule has 0 N–H and O–H groups in total. The van der Waals surface area contributed by atoms with Crippen molar-refractivity contribution >= 4 is 0 Å². The molecule has 0 spiro atoms. The average molecular weight is 403 g/mol. The molecule has 0 unspecified atom stereocenters. The van der Waals surface area contributed by atoms with Crippen LogP contribution in [0.15, 0.2) is 73.3 Å². The molecular formula is C29H38O. The van der Waals surface area contributed by atoms with Gasteiger partial charge in [0.25, 0.3) is 0 Å². The molecule has 0 radical (unpaired) electrons. The lowest BCUT2D eigenvalue weighted by atomic mass is 9.79. The molecule has 1 heteroatoms. The van der Waals surface area contributed by atoms with Gasteiger partial charge in [0, 0.05) is 0 Å². The molecule has 0 aliphatic heterocycles. The smallest absolute Gasteiger partial charge is 0.0721 e. The number of hydrogen-bond acceptors (Lipinski definition) is 1. The first-order valence-corrected chi connectivity index (χ1v) is 11.8. The predicted octanol–water partition coefficient (Wildman–Crippen LogP) is 8.15. The standard InChI is InChI=1S/C29H38O/c1-3-7-24-10-12-25(13-11-24)8-5-6-9-26-14-18-28(19-15-26)29-20-16-27(17-21-29)23-30-22-4-2/h3-4,7,14-21,24-25H,2,5-6,8-13,22-23H2,1H3. The van der Waals surface area contributed by atoms with E-state index < -0.39 is 0 Å². The highest BCUT2D eigenvalue weighted by atomic mass is 16.5. The van der Waals surface area contributed by atoms with Crippen molar-refractivity contribution in [1.29, 1.82) is 0 Å². The zero-order valence-electron chi connectivity index (χ0n) is 18.7. The molecule has 1 fully saturated rings. The van der Waals surface area contributed by atoms with E-state index in [1.807, 2.05) is 0 Å². The van der Waals surface area contributed by atoms with E-state index in [2.05, 4.69) is 74.2 Å². The maximum atomic E-state index is 5.51. The molecule has 0 saturated heterocycles. The van der Waals surface area contributed by atoms with E-state index in [-0.39, 0.29) is 0 Å². The largest absolute Gasteiger partial charge is 0.373 e. The highest BCUT2D eigenvalue weighted by Crippen LogP contribution is 2.32. The highest BCUT2D eigenvalue weighted by Gasteiger charge is 2.18. The van der Waals surface area contributed by atoms with Crippen molar-refractivity contribution in [3.8, 4) is 11.1 Å². The number of hydrogen-bond donors (Lipinski definition) is 0. The molecule has 1 aliphatic rings. The maximum absolute atomic E-state index is 5.51. The fraction of sp³-hybridized carbons (Fsp3) is 0.448. The molecule has 1 nitrogen and oxygen atoms in total. The summed E-state index contributed by atoms with van der Waals surface area (Å²) in [5.41, 5.74) is 5.22. The quantitative estimate of drug-likeness (QED) is 0.272. The van der Waals surface area contributed by atoms with Crippen molar-refractivity contribution < 1.29 is 4.74 Å². The fourth-order valence-electron chi connectivity index (χ4n) is 4.62. The Hall–Kier alpha value is -2.12. The van der Waals surface area contributed by atoms with Gasteiger partial charge in [-0.2, -0.15) is 0 Å². The van der Waals surface area contributed by atoms with Gasteiger partial charge in [-0.1, -0.05) is 79.6 Å². The normalized spacial score (nSPS) is 19.2. The van der Waals surface area contributed by atoms with E-state index in [4.69, 9.17) is 4.74 Å². The van der Waals surface area contributed by atoms with Gasteiger partial charge in [-0.3, -0.25) is 0 Å². The van der Waals surface area contributed by atoms with Crippen LogP contribution in [0.1, 0.15) is 63.0 Å². The summed E-state index contributed by atoms with van der Waals surface area (Å²) in [7, 11) is 0. The van der Waals surface area contributed by atoms with Gasteiger partial charge < -0.3 is 4.74 Å². The molecule has 30 heavy (non-hydrogen) atoms. The van der Waals surface area contributed by atoms with Crippen molar-refractivity contribution in [3.63, 3.8) is 0 Å². The monoisotopic (exact) mass is 402 g/mol. The van der Waals surface area contributed by atoms with Gasteiger partial charge in [0.15, 0.2) is 0 Å². The second-order valence-corrected chi connectivity index (χ2v) is 8.75. The van der Waals surface area contributed by atoms with E-state index in [9.17, 15) is 0 Å². The third kappa shape index (κ3) is 7.29. The Bertz CT molecular complexity index is 761. The van der Waals surface area contributed by atoms with E-state index in [1.54, 1.807) is 6.08 Å². The number of benzene rings is 2. The van der Waals surface area contributed by atoms with Crippen LogP contribution in [0, 0.1) is 11.8 Å². The Kier molecular flexibility index (Phi) is 9.44. The van der Waals surface area contributed by atoms with Gasteiger partial charge in [-0.25, -0.2) is 0 Å². The van der Waals surface area contributed by atoms with Crippen LogP contribution in [0.25, 0.3) is 11.1 Å². The Morgan fingerprint density at radius 1 is 0.867 bits per heavy atom. The SMILES string of the molecule is C=CCOCc1ccc(-c2ccc(CCCCC3CCC(C=CC)CC3)cc2)cc1. The van der Waals surface area contributed by atoms with Crippen molar-refractivity contribution in [2.45, 2.75) is 64.9 Å². The van der Waals surface area contributed by atoms with Gasteiger partial charge >= 0.3 is 0 Å². The van der Waals surface area contributed by atoms with E-state index >= 15 is 0 Å². The molecule has 0 bridgehead atoms. The molecule has 3 rings (SSSR count). The molecule has 0 aromatic heterocycles. The van der Waals surface area contributed by atoms with Crippen LogP contribution in [0.4, 0.5) is 0 Å². The second-order valence-electron chi connectivity index (χ2n) is 8.75. The molecule has 160 valence electrons. The summed E-state index contributed by atoms with van der Waals surface area (Å²) in [5, 5.41) is 0. The summed E-state index contributed by atoms with van der Waals surface area (Å²) in [4.78, 5) is 0. The van der Waals surface area contributed by atoms with Gasteiger partial charge in [0.05, 0.1) is 13.2 Å². The Morgan fingerprint density at radius 3 is 2.10 bits per heavy atom. The lowest BCUT2D eigenvalue weighted by molar-refractivity contribution is 0.149. The van der Waals surface area contributed by atoms with E-state index in [1.165, 1.54) is 73.6 Å². The van der Waals surface area contributed by atoms with Gasteiger partial charge in [0.2, 0.25) is 0 Å². The van der Waals surface area contributed by atoms with Crippen molar-refractivity contribution in [2.75, 3.05) is 6.61 Å².